The van der Waals surface area contributed by atoms with Gasteiger partial charge in [-0.25, -0.2) is 0 Å². The van der Waals surface area contributed by atoms with Crippen molar-refractivity contribution < 1.29 is 9.53 Å². The molecule has 1 aromatic rings. The molecule has 0 bridgehead atoms. The van der Waals surface area contributed by atoms with Crippen molar-refractivity contribution >= 4 is 5.78 Å². The van der Waals surface area contributed by atoms with Gasteiger partial charge in [-0.3, -0.25) is 9.69 Å². The van der Waals surface area contributed by atoms with Gasteiger partial charge in [0.1, 0.15) is 0 Å². The number of ether oxygens (including phenoxy) is 1. The van der Waals surface area contributed by atoms with Crippen molar-refractivity contribution in [3.63, 3.8) is 0 Å². The smallest absolute Gasteiger partial charge is 0.166 e. The molecule has 21 heavy (non-hydrogen) atoms. The van der Waals surface area contributed by atoms with Gasteiger partial charge in [-0.1, -0.05) is 50.1 Å². The third kappa shape index (κ3) is 3.35. The Bertz CT molecular complexity index is 471. The van der Waals surface area contributed by atoms with Crippen molar-refractivity contribution in [2.45, 2.75) is 44.8 Å². The molecule has 2 fully saturated rings. The summed E-state index contributed by atoms with van der Waals surface area (Å²) >= 11 is 0. The first-order chi connectivity index (χ1) is 10.3. The summed E-state index contributed by atoms with van der Waals surface area (Å²) in [6, 6.07) is 10.2. The summed E-state index contributed by atoms with van der Waals surface area (Å²) in [5, 5.41) is 0. The molecule has 0 amide bonds. The van der Waals surface area contributed by atoms with Crippen LogP contribution >= 0.6 is 0 Å². The Kier molecular flexibility index (Phi) is 4.71. The minimum absolute atomic E-state index is 0.0491. The molecule has 3 rings (SSSR count). The van der Waals surface area contributed by atoms with Gasteiger partial charge in [0, 0.05) is 30.6 Å². The van der Waals surface area contributed by atoms with E-state index in [9.17, 15) is 4.79 Å². The highest BCUT2D eigenvalue weighted by Gasteiger charge is 2.35. The second kappa shape index (κ2) is 6.71. The topological polar surface area (TPSA) is 29.5 Å². The van der Waals surface area contributed by atoms with Crippen molar-refractivity contribution in [3.8, 4) is 0 Å². The van der Waals surface area contributed by atoms with Crippen molar-refractivity contribution in [2.24, 2.45) is 5.92 Å². The number of Topliss-reactive ketones (excluding diaryl/α,β-unsaturated/α-hetero) is 1. The van der Waals surface area contributed by atoms with E-state index in [1.807, 2.05) is 30.3 Å². The summed E-state index contributed by atoms with van der Waals surface area (Å²) in [5.41, 5.74) is 0.832. The summed E-state index contributed by atoms with van der Waals surface area (Å²) < 4.78 is 5.91. The predicted octanol–water partition coefficient (Wildman–Crippen LogP) is 3.15. The van der Waals surface area contributed by atoms with Gasteiger partial charge < -0.3 is 4.74 Å². The summed E-state index contributed by atoms with van der Waals surface area (Å²) in [4.78, 5) is 15.0. The fourth-order valence-corrected chi connectivity index (χ4v) is 3.72. The average Bonchev–Trinajstić information content (AvgIpc) is 2.55. The number of nitrogens with zero attached hydrogens (tertiary/aromatic N) is 1. The first-order valence-corrected chi connectivity index (χ1v) is 8.20. The minimum atomic E-state index is 0.0491. The van der Waals surface area contributed by atoms with Gasteiger partial charge >= 0.3 is 0 Å². The van der Waals surface area contributed by atoms with Crippen LogP contribution in [0.2, 0.25) is 0 Å². The SMILES string of the molecule is CC(CN1CCOC2CCCCC21)C(=O)c1ccccc1. The van der Waals surface area contributed by atoms with Crippen molar-refractivity contribution in [1.82, 2.24) is 4.90 Å². The quantitative estimate of drug-likeness (QED) is 0.797. The lowest BCUT2D eigenvalue weighted by atomic mass is 9.89. The number of rotatable bonds is 4. The second-order valence-corrected chi connectivity index (χ2v) is 6.39. The van der Waals surface area contributed by atoms with E-state index in [0.29, 0.717) is 12.1 Å². The zero-order valence-electron chi connectivity index (χ0n) is 12.8. The number of hydrogen-bond acceptors (Lipinski definition) is 3. The molecule has 1 heterocycles. The molecule has 2 aliphatic rings. The monoisotopic (exact) mass is 287 g/mol. The highest BCUT2D eigenvalue weighted by Crippen LogP contribution is 2.29. The van der Waals surface area contributed by atoms with Crippen molar-refractivity contribution in [3.05, 3.63) is 35.9 Å². The van der Waals surface area contributed by atoms with Gasteiger partial charge in [0.2, 0.25) is 0 Å². The molecule has 1 aliphatic heterocycles. The van der Waals surface area contributed by atoms with E-state index in [1.54, 1.807) is 0 Å². The molecule has 0 aromatic heterocycles. The van der Waals surface area contributed by atoms with Crippen LogP contribution < -0.4 is 0 Å². The largest absolute Gasteiger partial charge is 0.375 e. The van der Waals surface area contributed by atoms with E-state index in [4.69, 9.17) is 4.74 Å². The third-order valence-electron chi connectivity index (χ3n) is 4.86. The van der Waals surface area contributed by atoms with Gasteiger partial charge in [0.25, 0.3) is 0 Å². The number of hydrogen-bond donors (Lipinski definition) is 0. The van der Waals surface area contributed by atoms with E-state index in [1.165, 1.54) is 25.7 Å². The molecule has 3 atom stereocenters. The first-order valence-electron chi connectivity index (χ1n) is 8.20. The van der Waals surface area contributed by atoms with E-state index < -0.39 is 0 Å². The highest BCUT2D eigenvalue weighted by molar-refractivity contribution is 5.97. The summed E-state index contributed by atoms with van der Waals surface area (Å²) in [7, 11) is 0. The van der Waals surface area contributed by atoms with Crippen LogP contribution in [0.4, 0.5) is 0 Å². The lowest BCUT2D eigenvalue weighted by Gasteiger charge is -2.44. The Hall–Kier alpha value is -1.19. The summed E-state index contributed by atoms with van der Waals surface area (Å²) in [6.45, 7) is 4.70. The maximum atomic E-state index is 12.5. The van der Waals surface area contributed by atoms with Crippen LogP contribution in [0.5, 0.6) is 0 Å². The summed E-state index contributed by atoms with van der Waals surface area (Å²) in [6.07, 6.45) is 5.38. The van der Waals surface area contributed by atoms with Crippen LogP contribution in [0.3, 0.4) is 0 Å². The molecule has 1 saturated heterocycles. The van der Waals surface area contributed by atoms with E-state index in [-0.39, 0.29) is 11.7 Å². The second-order valence-electron chi connectivity index (χ2n) is 6.39. The Morgan fingerprint density at radius 1 is 1.29 bits per heavy atom. The third-order valence-corrected chi connectivity index (χ3v) is 4.86. The van der Waals surface area contributed by atoms with Crippen LogP contribution in [0, 0.1) is 5.92 Å². The Morgan fingerprint density at radius 2 is 2.05 bits per heavy atom. The van der Waals surface area contributed by atoms with E-state index >= 15 is 0 Å². The van der Waals surface area contributed by atoms with Crippen LogP contribution in [0.15, 0.2) is 30.3 Å². The molecule has 3 heteroatoms. The average molecular weight is 287 g/mol. The maximum Gasteiger partial charge on any atom is 0.166 e. The predicted molar refractivity (Wildman–Crippen MR) is 83.5 cm³/mol. The first kappa shape index (κ1) is 14.7. The number of carbonyl (C=O) groups is 1. The fourth-order valence-electron chi connectivity index (χ4n) is 3.72. The van der Waals surface area contributed by atoms with Gasteiger partial charge in [0.05, 0.1) is 12.7 Å². The highest BCUT2D eigenvalue weighted by atomic mass is 16.5. The van der Waals surface area contributed by atoms with Gasteiger partial charge in [-0.2, -0.15) is 0 Å². The molecule has 1 aliphatic carbocycles. The molecule has 3 nitrogen and oxygen atoms in total. The van der Waals surface area contributed by atoms with Crippen LogP contribution in [0.25, 0.3) is 0 Å². The van der Waals surface area contributed by atoms with Gasteiger partial charge in [0.15, 0.2) is 5.78 Å². The number of ketones is 1. The standard InChI is InChI=1S/C18H25NO2/c1-14(18(20)15-7-3-2-4-8-15)13-19-11-12-21-17-10-6-5-9-16(17)19/h2-4,7-8,14,16-17H,5-6,9-13H2,1H3. The lowest BCUT2D eigenvalue weighted by Crippen LogP contribution is -2.54. The number of carbonyl (C=O) groups excluding carboxylic acids is 1. The zero-order valence-corrected chi connectivity index (χ0v) is 12.8. The zero-order chi connectivity index (χ0) is 14.7. The molecule has 3 unspecified atom stereocenters. The van der Waals surface area contributed by atoms with Gasteiger partial charge in [-0.05, 0) is 12.8 Å². The van der Waals surface area contributed by atoms with Crippen LogP contribution in [-0.2, 0) is 4.74 Å². The molecule has 0 radical (unpaired) electrons. The minimum Gasteiger partial charge on any atom is -0.375 e. The maximum absolute atomic E-state index is 12.5. The van der Waals surface area contributed by atoms with Gasteiger partial charge in [-0.15, -0.1) is 0 Å². The Balaban J connectivity index is 1.63. The fraction of sp³-hybridized carbons (Fsp3) is 0.611. The molecule has 0 N–H and O–H groups in total. The number of benzene rings is 1. The number of fused-ring (bicyclic) bond motifs is 1. The number of morpholine rings is 1. The van der Waals surface area contributed by atoms with Crippen LogP contribution in [0.1, 0.15) is 43.0 Å². The van der Waals surface area contributed by atoms with Crippen molar-refractivity contribution in [2.75, 3.05) is 19.7 Å². The molecule has 0 spiro atoms. The molecule has 1 saturated carbocycles. The molecular formula is C18H25NO2. The normalized spacial score (nSPS) is 27.9. The Morgan fingerprint density at radius 3 is 2.86 bits per heavy atom. The van der Waals surface area contributed by atoms with E-state index in [2.05, 4.69) is 11.8 Å². The molecule has 1 aromatic carbocycles. The van der Waals surface area contributed by atoms with Crippen molar-refractivity contribution in [1.29, 1.82) is 0 Å². The lowest BCUT2D eigenvalue weighted by molar-refractivity contribution is -0.0902. The summed E-state index contributed by atoms with van der Waals surface area (Å²) in [5.74, 6) is 0.308. The van der Waals surface area contributed by atoms with E-state index in [0.717, 1.165) is 25.3 Å². The Labute approximate surface area is 127 Å². The molecule has 114 valence electrons. The van der Waals surface area contributed by atoms with Crippen LogP contribution in [-0.4, -0.2) is 42.5 Å². The molecular weight excluding hydrogens is 262 g/mol.